The Bertz CT molecular complexity index is 857. The Balaban J connectivity index is 1.48. The lowest BCUT2D eigenvalue weighted by molar-refractivity contribution is 0.0933. The second-order valence-electron chi connectivity index (χ2n) is 6.10. The van der Waals surface area contributed by atoms with Crippen LogP contribution in [0.4, 0.5) is 0 Å². The minimum atomic E-state index is -0.0331. The number of aryl methyl sites for hydroxylation is 1. The van der Waals surface area contributed by atoms with E-state index in [2.05, 4.69) is 39.8 Å². The molecule has 24 heavy (non-hydrogen) atoms. The van der Waals surface area contributed by atoms with Crippen molar-refractivity contribution in [3.05, 3.63) is 77.9 Å². The maximum absolute atomic E-state index is 12.6. The minimum Gasteiger partial charge on any atom is -0.349 e. The molecule has 120 valence electrons. The number of nitrogens with zero attached hydrogens (tertiary/aromatic N) is 3. The van der Waals surface area contributed by atoms with Gasteiger partial charge in [-0.1, -0.05) is 30.3 Å². The van der Waals surface area contributed by atoms with E-state index in [-0.39, 0.29) is 11.9 Å². The average molecular weight is 318 g/mol. The number of aromatic nitrogens is 3. The molecule has 1 aromatic heterocycles. The lowest BCUT2D eigenvalue weighted by Gasteiger charge is -2.25. The van der Waals surface area contributed by atoms with Crippen LogP contribution in [0.3, 0.4) is 0 Å². The lowest BCUT2D eigenvalue weighted by atomic mass is 9.88. The molecular formula is C19H18N4O. The van der Waals surface area contributed by atoms with Crippen molar-refractivity contribution >= 4 is 5.91 Å². The number of carbonyl (C=O) groups excluding carboxylic acids is 1. The molecule has 5 nitrogen and oxygen atoms in total. The molecule has 0 saturated carbocycles. The molecule has 0 unspecified atom stereocenters. The van der Waals surface area contributed by atoms with E-state index in [0.717, 1.165) is 24.9 Å². The second kappa shape index (κ2) is 6.28. The summed E-state index contributed by atoms with van der Waals surface area (Å²) in [7, 11) is 0. The monoisotopic (exact) mass is 318 g/mol. The standard InChI is InChI=1S/C19H18N4O/c24-19(16-6-3-7-18(11-16)23-12-20-21-13-23)22-17-9-8-14-4-1-2-5-15(14)10-17/h1-7,11-13,17H,8-10H2,(H,22,24)/t17-/m0/s1. The van der Waals surface area contributed by atoms with Crippen molar-refractivity contribution in [1.29, 1.82) is 0 Å². The Morgan fingerprint density at radius 1 is 1.04 bits per heavy atom. The molecule has 5 heteroatoms. The van der Waals surface area contributed by atoms with Gasteiger partial charge in [-0.2, -0.15) is 0 Å². The predicted octanol–water partition coefficient (Wildman–Crippen LogP) is 2.55. The first-order valence-corrected chi connectivity index (χ1v) is 8.12. The maximum Gasteiger partial charge on any atom is 0.251 e. The summed E-state index contributed by atoms with van der Waals surface area (Å²) >= 11 is 0. The second-order valence-corrected chi connectivity index (χ2v) is 6.10. The molecular weight excluding hydrogens is 300 g/mol. The Hall–Kier alpha value is -2.95. The van der Waals surface area contributed by atoms with Crippen LogP contribution in [0.5, 0.6) is 0 Å². The van der Waals surface area contributed by atoms with E-state index in [4.69, 9.17) is 0 Å². The van der Waals surface area contributed by atoms with Gasteiger partial charge in [0.05, 0.1) is 0 Å². The summed E-state index contributed by atoms with van der Waals surface area (Å²) in [6.07, 6.45) is 6.13. The fourth-order valence-corrected chi connectivity index (χ4v) is 3.23. The van der Waals surface area contributed by atoms with Gasteiger partial charge in [-0.3, -0.25) is 9.36 Å². The van der Waals surface area contributed by atoms with Crippen molar-refractivity contribution in [2.24, 2.45) is 0 Å². The summed E-state index contributed by atoms with van der Waals surface area (Å²) in [6.45, 7) is 0. The Morgan fingerprint density at radius 3 is 2.67 bits per heavy atom. The van der Waals surface area contributed by atoms with E-state index in [1.165, 1.54) is 11.1 Å². The van der Waals surface area contributed by atoms with Crippen molar-refractivity contribution in [3.8, 4) is 5.69 Å². The van der Waals surface area contributed by atoms with Gasteiger partial charge >= 0.3 is 0 Å². The maximum atomic E-state index is 12.6. The van der Waals surface area contributed by atoms with Gasteiger partial charge in [-0.05, 0) is 48.6 Å². The highest BCUT2D eigenvalue weighted by Gasteiger charge is 2.20. The molecule has 0 aliphatic heterocycles. The lowest BCUT2D eigenvalue weighted by Crippen LogP contribution is -2.38. The topological polar surface area (TPSA) is 59.8 Å². The number of nitrogens with one attached hydrogen (secondary N) is 1. The summed E-state index contributed by atoms with van der Waals surface area (Å²) in [5, 5.41) is 10.8. The zero-order valence-electron chi connectivity index (χ0n) is 13.2. The van der Waals surface area contributed by atoms with Crippen LogP contribution in [0.2, 0.25) is 0 Å². The van der Waals surface area contributed by atoms with Crippen LogP contribution < -0.4 is 5.32 Å². The number of fused-ring (bicyclic) bond motifs is 1. The number of hydrogen-bond acceptors (Lipinski definition) is 3. The van der Waals surface area contributed by atoms with Crippen molar-refractivity contribution < 1.29 is 4.79 Å². The molecule has 0 radical (unpaired) electrons. The average Bonchev–Trinajstić information content (AvgIpc) is 3.16. The van der Waals surface area contributed by atoms with Crippen LogP contribution in [-0.4, -0.2) is 26.7 Å². The summed E-state index contributed by atoms with van der Waals surface area (Å²) in [6, 6.07) is 16.1. The molecule has 1 heterocycles. The van der Waals surface area contributed by atoms with E-state index >= 15 is 0 Å². The van der Waals surface area contributed by atoms with E-state index in [1.54, 1.807) is 17.2 Å². The summed E-state index contributed by atoms with van der Waals surface area (Å²) in [5.41, 5.74) is 4.27. The highest BCUT2D eigenvalue weighted by Crippen LogP contribution is 2.21. The van der Waals surface area contributed by atoms with Crippen molar-refractivity contribution in [2.45, 2.75) is 25.3 Å². The fourth-order valence-electron chi connectivity index (χ4n) is 3.23. The Kier molecular flexibility index (Phi) is 3.83. The Morgan fingerprint density at radius 2 is 1.83 bits per heavy atom. The molecule has 1 amide bonds. The number of rotatable bonds is 3. The van der Waals surface area contributed by atoms with E-state index in [9.17, 15) is 4.79 Å². The van der Waals surface area contributed by atoms with E-state index in [0.29, 0.717) is 5.56 Å². The van der Waals surface area contributed by atoms with Crippen LogP contribution in [-0.2, 0) is 12.8 Å². The van der Waals surface area contributed by atoms with Crippen LogP contribution in [0.15, 0.2) is 61.2 Å². The summed E-state index contributed by atoms with van der Waals surface area (Å²) < 4.78 is 1.79. The molecule has 0 fully saturated rings. The van der Waals surface area contributed by atoms with Gasteiger partial charge in [-0.25, -0.2) is 0 Å². The zero-order chi connectivity index (χ0) is 16.4. The molecule has 1 N–H and O–H groups in total. The number of benzene rings is 2. The largest absolute Gasteiger partial charge is 0.349 e. The molecule has 3 aromatic rings. The van der Waals surface area contributed by atoms with Crippen LogP contribution in [0, 0.1) is 0 Å². The number of amides is 1. The van der Waals surface area contributed by atoms with Crippen LogP contribution in [0.25, 0.3) is 5.69 Å². The third-order valence-corrected chi connectivity index (χ3v) is 4.51. The summed E-state index contributed by atoms with van der Waals surface area (Å²) in [4.78, 5) is 12.6. The molecule has 0 saturated heterocycles. The highest BCUT2D eigenvalue weighted by atomic mass is 16.1. The molecule has 4 rings (SSSR count). The number of carbonyl (C=O) groups is 1. The minimum absolute atomic E-state index is 0.0331. The first kappa shape index (κ1) is 14.6. The van der Waals surface area contributed by atoms with Crippen molar-refractivity contribution in [2.75, 3.05) is 0 Å². The molecule has 1 aliphatic rings. The van der Waals surface area contributed by atoms with Crippen molar-refractivity contribution in [1.82, 2.24) is 20.1 Å². The van der Waals surface area contributed by atoms with Crippen LogP contribution in [0.1, 0.15) is 27.9 Å². The van der Waals surface area contributed by atoms with E-state index in [1.807, 2.05) is 24.3 Å². The fraction of sp³-hybridized carbons (Fsp3) is 0.211. The van der Waals surface area contributed by atoms with Gasteiger partial charge in [-0.15, -0.1) is 10.2 Å². The highest BCUT2D eigenvalue weighted by molar-refractivity contribution is 5.95. The SMILES string of the molecule is O=C(N[C@H]1CCc2ccccc2C1)c1cccc(-n2cnnc2)c1. The smallest absolute Gasteiger partial charge is 0.251 e. The number of hydrogen-bond donors (Lipinski definition) is 1. The first-order valence-electron chi connectivity index (χ1n) is 8.12. The zero-order valence-corrected chi connectivity index (χ0v) is 13.2. The molecule has 1 atom stereocenters. The molecule has 0 bridgehead atoms. The van der Waals surface area contributed by atoms with Crippen LogP contribution >= 0.6 is 0 Å². The molecule has 0 spiro atoms. The predicted molar refractivity (Wildman–Crippen MR) is 91.1 cm³/mol. The normalized spacial score (nSPS) is 16.4. The van der Waals surface area contributed by atoms with Gasteiger partial charge < -0.3 is 5.32 Å². The van der Waals surface area contributed by atoms with Gasteiger partial charge in [0.1, 0.15) is 12.7 Å². The Labute approximate surface area is 140 Å². The molecule has 2 aromatic carbocycles. The van der Waals surface area contributed by atoms with Crippen molar-refractivity contribution in [3.63, 3.8) is 0 Å². The van der Waals surface area contributed by atoms with E-state index < -0.39 is 0 Å². The summed E-state index contributed by atoms with van der Waals surface area (Å²) in [5.74, 6) is -0.0331. The molecule has 1 aliphatic carbocycles. The van der Waals surface area contributed by atoms with Gasteiger partial charge in [0.15, 0.2) is 0 Å². The van der Waals surface area contributed by atoms with Gasteiger partial charge in [0.2, 0.25) is 0 Å². The third kappa shape index (κ3) is 2.93. The third-order valence-electron chi connectivity index (χ3n) is 4.51. The first-order chi connectivity index (χ1) is 11.8. The quantitative estimate of drug-likeness (QED) is 0.807. The van der Waals surface area contributed by atoms with Gasteiger partial charge in [0.25, 0.3) is 5.91 Å². The van der Waals surface area contributed by atoms with Gasteiger partial charge in [0, 0.05) is 17.3 Å².